The van der Waals surface area contributed by atoms with Crippen molar-refractivity contribution >= 4 is 17.4 Å². The van der Waals surface area contributed by atoms with Gasteiger partial charge in [0.1, 0.15) is 7.05 Å². The van der Waals surface area contributed by atoms with Crippen LogP contribution in [0, 0.1) is 0 Å². The van der Waals surface area contributed by atoms with Crippen LogP contribution in [0.25, 0.3) is 0 Å². The fourth-order valence-corrected chi connectivity index (χ4v) is 0.485. The third-order valence-electron chi connectivity index (χ3n) is 0.865. The van der Waals surface area contributed by atoms with E-state index in [1.165, 1.54) is 0 Å². The smallest absolute Gasteiger partial charge is 0.187 e. The summed E-state index contributed by atoms with van der Waals surface area (Å²) in [6, 6.07) is 6.00. The first kappa shape index (κ1) is 12.1. The summed E-state index contributed by atoms with van der Waals surface area (Å²) < 4.78 is 2.00. The molecule has 0 amide bonds. The van der Waals surface area contributed by atoms with Crippen LogP contribution in [0.1, 0.15) is 0 Å². The molecule has 0 saturated carbocycles. The van der Waals surface area contributed by atoms with E-state index in [4.69, 9.17) is 0 Å². The second kappa shape index (κ2) is 6.53. The average molecular weight is 251 g/mol. The molecule has 0 saturated heterocycles. The van der Waals surface area contributed by atoms with Gasteiger partial charge in [0.25, 0.3) is 0 Å². The summed E-state index contributed by atoms with van der Waals surface area (Å²) in [5, 5.41) is 0. The minimum Gasteiger partial charge on any atom is -1.00 e. The number of aryl methyl sites for hydroxylation is 1. The molecule has 0 N–H and O–H groups in total. The molecule has 1 heterocycles. The van der Waals surface area contributed by atoms with Gasteiger partial charge < -0.3 is 24.0 Å². The Kier molecular flexibility index (Phi) is 8.80. The lowest BCUT2D eigenvalue weighted by Gasteiger charge is -1.77. The summed E-state index contributed by atoms with van der Waals surface area (Å²) in [5.41, 5.74) is 0. The zero-order valence-electron chi connectivity index (χ0n) is 4.71. The number of pyridine rings is 1. The molecule has 0 bridgehead atoms. The lowest BCUT2D eigenvalue weighted by Crippen LogP contribution is -3.00. The van der Waals surface area contributed by atoms with E-state index in [0.717, 1.165) is 0 Å². The standard InChI is InChI=1S/C6H8N.Al.HI.3H/c1-7-5-3-2-4-6-7;;;;;/h2-6H,1H3;;1H;;;/q+1;;;;;/p-1. The number of hydrogen-bond donors (Lipinski definition) is 0. The molecular weight excluding hydrogens is 240 g/mol. The van der Waals surface area contributed by atoms with Crippen molar-refractivity contribution in [2.75, 3.05) is 0 Å². The van der Waals surface area contributed by atoms with E-state index in [2.05, 4.69) is 0 Å². The Hall–Kier alpha value is 0.412. The van der Waals surface area contributed by atoms with Crippen LogP contribution in [0.2, 0.25) is 0 Å². The summed E-state index contributed by atoms with van der Waals surface area (Å²) in [6.07, 6.45) is 4.00. The molecule has 0 aromatic carbocycles. The number of halogens is 1. The van der Waals surface area contributed by atoms with E-state index in [-0.39, 0.29) is 41.3 Å². The molecule has 1 aromatic heterocycles. The summed E-state index contributed by atoms with van der Waals surface area (Å²) in [4.78, 5) is 0. The highest BCUT2D eigenvalue weighted by atomic mass is 127. The fraction of sp³-hybridized carbons (Fsp3) is 0.167. The Morgan fingerprint density at radius 1 is 1.00 bits per heavy atom. The first-order chi connectivity index (χ1) is 3.39. The molecule has 3 heteroatoms. The van der Waals surface area contributed by atoms with E-state index < -0.39 is 0 Å². The zero-order valence-corrected chi connectivity index (χ0v) is 6.87. The normalized spacial score (nSPS) is 6.78. The second-order valence-electron chi connectivity index (χ2n) is 1.54. The molecule has 0 fully saturated rings. The third-order valence-corrected chi connectivity index (χ3v) is 0.865. The predicted octanol–water partition coefficient (Wildman–Crippen LogP) is -3.67. The molecule has 0 unspecified atom stereocenters. The Morgan fingerprint density at radius 2 is 1.44 bits per heavy atom. The van der Waals surface area contributed by atoms with Crippen LogP contribution in [-0.4, -0.2) is 17.4 Å². The maximum Gasteiger partial charge on any atom is 0.187 e. The van der Waals surface area contributed by atoms with Gasteiger partial charge in [-0.25, -0.2) is 4.57 Å². The van der Waals surface area contributed by atoms with Gasteiger partial charge in [0, 0.05) is 12.1 Å². The Bertz CT molecular complexity index is 143. The van der Waals surface area contributed by atoms with E-state index >= 15 is 0 Å². The van der Waals surface area contributed by atoms with Gasteiger partial charge in [0.15, 0.2) is 29.8 Å². The Balaban J connectivity index is 0. The highest BCUT2D eigenvalue weighted by Crippen LogP contribution is 1.71. The van der Waals surface area contributed by atoms with Gasteiger partial charge in [-0.1, -0.05) is 6.07 Å². The van der Waals surface area contributed by atoms with Crippen molar-refractivity contribution in [3.63, 3.8) is 0 Å². The van der Waals surface area contributed by atoms with Crippen molar-refractivity contribution < 1.29 is 28.5 Å². The first-order valence-corrected chi connectivity index (χ1v) is 2.30. The average Bonchev–Trinajstić information content (AvgIpc) is 1.69. The number of rotatable bonds is 0. The van der Waals surface area contributed by atoms with E-state index in [9.17, 15) is 0 Å². The Labute approximate surface area is 83.2 Å². The van der Waals surface area contributed by atoms with Gasteiger partial charge in [-0.15, -0.1) is 0 Å². The Morgan fingerprint density at radius 3 is 1.67 bits per heavy atom. The third kappa shape index (κ3) is 4.89. The van der Waals surface area contributed by atoms with Gasteiger partial charge in [0.2, 0.25) is 0 Å². The van der Waals surface area contributed by atoms with Crippen molar-refractivity contribution in [3.05, 3.63) is 30.6 Å². The fourth-order valence-electron chi connectivity index (χ4n) is 0.485. The number of nitrogens with zero attached hydrogens (tertiary/aromatic N) is 1. The molecule has 1 rings (SSSR count). The van der Waals surface area contributed by atoms with Crippen LogP contribution in [0.5, 0.6) is 0 Å². The molecule has 50 valence electrons. The van der Waals surface area contributed by atoms with Crippen molar-refractivity contribution in [2.45, 2.75) is 0 Å². The van der Waals surface area contributed by atoms with Crippen LogP contribution < -0.4 is 28.5 Å². The summed E-state index contributed by atoms with van der Waals surface area (Å²) >= 11 is 0. The van der Waals surface area contributed by atoms with Crippen LogP contribution in [-0.2, 0) is 7.05 Å². The molecule has 0 aliphatic rings. The molecule has 0 spiro atoms. The predicted molar refractivity (Wildman–Crippen MR) is 37.6 cm³/mol. The van der Waals surface area contributed by atoms with Crippen LogP contribution in [0.3, 0.4) is 0 Å². The van der Waals surface area contributed by atoms with Gasteiger partial charge in [-0.05, 0) is 0 Å². The largest absolute Gasteiger partial charge is 1.00 e. The summed E-state index contributed by atoms with van der Waals surface area (Å²) in [5.74, 6) is 0. The SMILES string of the molecule is C[n+]1ccccc1.[AlH3].[I-]. The van der Waals surface area contributed by atoms with Gasteiger partial charge in [-0.2, -0.15) is 0 Å². The number of hydrogen-bond acceptors (Lipinski definition) is 0. The van der Waals surface area contributed by atoms with Crippen molar-refractivity contribution in [1.29, 1.82) is 0 Å². The monoisotopic (exact) mass is 251 g/mol. The highest BCUT2D eigenvalue weighted by molar-refractivity contribution is 5.75. The minimum atomic E-state index is 0. The van der Waals surface area contributed by atoms with Crippen molar-refractivity contribution in [3.8, 4) is 0 Å². The maximum atomic E-state index is 2.00. The minimum absolute atomic E-state index is 0. The second-order valence-corrected chi connectivity index (χ2v) is 1.54. The lowest BCUT2D eigenvalue weighted by atomic mass is 10.5. The van der Waals surface area contributed by atoms with Crippen LogP contribution in [0.4, 0.5) is 0 Å². The molecule has 1 aromatic rings. The van der Waals surface area contributed by atoms with Crippen molar-refractivity contribution in [1.82, 2.24) is 0 Å². The number of aromatic nitrogens is 1. The lowest BCUT2D eigenvalue weighted by molar-refractivity contribution is -0.671. The maximum absolute atomic E-state index is 2.00. The molecule has 0 atom stereocenters. The van der Waals surface area contributed by atoms with Gasteiger partial charge in [0.05, 0.1) is 0 Å². The first-order valence-electron chi connectivity index (χ1n) is 2.30. The molecule has 0 aliphatic heterocycles. The molecule has 0 aliphatic carbocycles. The van der Waals surface area contributed by atoms with E-state index in [0.29, 0.717) is 0 Å². The molecule has 0 radical (unpaired) electrons. The van der Waals surface area contributed by atoms with E-state index in [1.807, 2.05) is 42.2 Å². The van der Waals surface area contributed by atoms with Gasteiger partial charge >= 0.3 is 0 Å². The van der Waals surface area contributed by atoms with Crippen LogP contribution >= 0.6 is 0 Å². The summed E-state index contributed by atoms with van der Waals surface area (Å²) in [7, 11) is 2.00. The van der Waals surface area contributed by atoms with Crippen LogP contribution in [0.15, 0.2) is 30.6 Å². The van der Waals surface area contributed by atoms with Crippen molar-refractivity contribution in [2.24, 2.45) is 7.05 Å². The van der Waals surface area contributed by atoms with E-state index in [1.54, 1.807) is 0 Å². The molecular formula is C6H11AlIN. The topological polar surface area (TPSA) is 3.88 Å². The molecule has 9 heavy (non-hydrogen) atoms. The quantitative estimate of drug-likeness (QED) is 0.254. The summed E-state index contributed by atoms with van der Waals surface area (Å²) in [6.45, 7) is 0. The highest BCUT2D eigenvalue weighted by Gasteiger charge is 1.78. The van der Waals surface area contributed by atoms with Gasteiger partial charge in [-0.3, -0.25) is 0 Å². The zero-order chi connectivity index (χ0) is 5.11. The molecule has 1 nitrogen and oxygen atoms in total.